The van der Waals surface area contributed by atoms with Gasteiger partial charge in [-0.1, -0.05) is 78.1 Å². The highest BCUT2D eigenvalue weighted by Gasteiger charge is 2.31. The molecule has 178 valence electrons. The van der Waals surface area contributed by atoms with E-state index in [2.05, 4.69) is 10.3 Å². The van der Waals surface area contributed by atoms with E-state index in [-0.39, 0.29) is 23.8 Å². The summed E-state index contributed by atoms with van der Waals surface area (Å²) >= 11 is 6.56. The van der Waals surface area contributed by atoms with Crippen molar-refractivity contribution in [3.05, 3.63) is 82.3 Å². The van der Waals surface area contributed by atoms with Gasteiger partial charge >= 0.3 is 0 Å². The maximum atomic E-state index is 12.7. The van der Waals surface area contributed by atoms with Crippen molar-refractivity contribution in [1.29, 1.82) is 0 Å². The number of rotatable bonds is 9. The van der Waals surface area contributed by atoms with Crippen molar-refractivity contribution in [2.24, 2.45) is 0 Å². The number of carbonyl (C=O) groups excluding carboxylic acids is 2. The Labute approximate surface area is 209 Å². The van der Waals surface area contributed by atoms with Crippen LogP contribution in [0.4, 0.5) is 0 Å². The van der Waals surface area contributed by atoms with Crippen molar-refractivity contribution in [3.63, 3.8) is 0 Å². The lowest BCUT2D eigenvalue weighted by molar-refractivity contribution is -0.124. The first-order valence-corrected chi connectivity index (χ1v) is 13.2. The summed E-state index contributed by atoms with van der Waals surface area (Å²) < 4.78 is 24.9. The van der Waals surface area contributed by atoms with Crippen molar-refractivity contribution in [2.75, 3.05) is 6.54 Å². The molecule has 0 aromatic heterocycles. The Morgan fingerprint density at radius 3 is 2.47 bits per heavy atom. The van der Waals surface area contributed by atoms with Gasteiger partial charge in [0, 0.05) is 13.0 Å². The molecule has 2 amide bonds. The van der Waals surface area contributed by atoms with Crippen LogP contribution in [-0.2, 0) is 19.6 Å². The van der Waals surface area contributed by atoms with Gasteiger partial charge in [-0.25, -0.2) is 8.42 Å². The molecule has 1 heterocycles. The topological polar surface area (TPSA) is 95.6 Å². The Morgan fingerprint density at radius 2 is 1.79 bits per heavy atom. The summed E-state index contributed by atoms with van der Waals surface area (Å²) in [6.07, 6.45) is 4.14. The molecule has 0 bridgehead atoms. The monoisotopic (exact) mass is 515 g/mol. The average Bonchev–Trinajstić information content (AvgIpc) is 3.06. The van der Waals surface area contributed by atoms with E-state index in [1.54, 1.807) is 18.2 Å². The fourth-order valence-corrected chi connectivity index (χ4v) is 5.33. The van der Waals surface area contributed by atoms with Gasteiger partial charge in [0.25, 0.3) is 15.9 Å². The van der Waals surface area contributed by atoms with Gasteiger partial charge in [-0.3, -0.25) is 19.9 Å². The average molecular weight is 516 g/mol. The van der Waals surface area contributed by atoms with Crippen molar-refractivity contribution in [1.82, 2.24) is 15.2 Å². The van der Waals surface area contributed by atoms with Crippen LogP contribution in [-0.4, -0.2) is 36.0 Å². The number of hydrazine groups is 1. The molecular formula is C24H25N3O4S3. The van der Waals surface area contributed by atoms with E-state index < -0.39 is 15.9 Å². The van der Waals surface area contributed by atoms with Gasteiger partial charge in [0.05, 0.1) is 9.80 Å². The number of aryl methyl sites for hydroxylation is 1. The largest absolute Gasteiger partial charge is 0.293 e. The van der Waals surface area contributed by atoms with Gasteiger partial charge in [0.1, 0.15) is 4.32 Å². The summed E-state index contributed by atoms with van der Waals surface area (Å²) in [4.78, 5) is 29.0. The zero-order chi connectivity index (χ0) is 24.7. The lowest BCUT2D eigenvalue weighted by atomic mass is 10.1. The quantitative estimate of drug-likeness (QED) is 0.299. The van der Waals surface area contributed by atoms with Crippen LogP contribution in [0.15, 0.2) is 76.0 Å². The summed E-state index contributed by atoms with van der Waals surface area (Å²) in [5.74, 6) is -0.699. The van der Waals surface area contributed by atoms with E-state index in [1.165, 1.54) is 28.8 Å². The minimum absolute atomic E-state index is 0.0272. The minimum Gasteiger partial charge on any atom is -0.293 e. The minimum atomic E-state index is -3.86. The summed E-state index contributed by atoms with van der Waals surface area (Å²) in [5.41, 5.74) is 5.09. The molecule has 1 saturated heterocycles. The van der Waals surface area contributed by atoms with Gasteiger partial charge in [-0.05, 0) is 49.6 Å². The van der Waals surface area contributed by atoms with E-state index in [1.807, 2.05) is 50.3 Å². The number of hydrogen-bond acceptors (Lipinski definition) is 6. The highest BCUT2D eigenvalue weighted by molar-refractivity contribution is 8.26. The van der Waals surface area contributed by atoms with E-state index >= 15 is 0 Å². The summed E-state index contributed by atoms with van der Waals surface area (Å²) in [7, 11) is -3.86. The fraction of sp³-hybridized carbons (Fsp3) is 0.208. The van der Waals surface area contributed by atoms with Crippen molar-refractivity contribution < 1.29 is 18.0 Å². The molecule has 0 aliphatic carbocycles. The maximum Gasteiger partial charge on any atom is 0.266 e. The van der Waals surface area contributed by atoms with Crippen molar-refractivity contribution in [2.45, 2.75) is 31.6 Å². The lowest BCUT2D eigenvalue weighted by Gasteiger charge is -2.14. The molecule has 0 spiro atoms. The zero-order valence-electron chi connectivity index (χ0n) is 18.8. The SMILES string of the molecule is CC(=Cc1ccccc1)C=C1SC(=S)N(CCCC(=O)NNS(=O)(=O)c2ccc(C)cc2)C1=O. The molecular weight excluding hydrogens is 490 g/mol. The Kier molecular flexibility index (Phi) is 8.78. The van der Waals surface area contributed by atoms with E-state index in [0.29, 0.717) is 15.6 Å². The number of allylic oxidation sites excluding steroid dienone is 2. The van der Waals surface area contributed by atoms with Crippen LogP contribution in [0, 0.1) is 6.92 Å². The number of thiocarbonyl (C=S) groups is 1. The number of thioether (sulfide) groups is 1. The van der Waals surface area contributed by atoms with Crippen LogP contribution in [0.25, 0.3) is 6.08 Å². The first-order valence-electron chi connectivity index (χ1n) is 10.5. The fourth-order valence-electron chi connectivity index (χ4n) is 3.11. The van der Waals surface area contributed by atoms with Gasteiger partial charge in [-0.2, -0.15) is 0 Å². The van der Waals surface area contributed by atoms with Crippen LogP contribution >= 0.6 is 24.0 Å². The lowest BCUT2D eigenvalue weighted by Crippen LogP contribution is -2.41. The van der Waals surface area contributed by atoms with Crippen LogP contribution < -0.4 is 10.3 Å². The van der Waals surface area contributed by atoms with E-state index in [9.17, 15) is 18.0 Å². The summed E-state index contributed by atoms with van der Waals surface area (Å²) in [5, 5.41) is 0. The molecule has 2 aromatic carbocycles. The predicted molar refractivity (Wildman–Crippen MR) is 139 cm³/mol. The number of nitrogens with zero attached hydrogens (tertiary/aromatic N) is 1. The molecule has 3 rings (SSSR count). The summed E-state index contributed by atoms with van der Waals surface area (Å²) in [6.45, 7) is 4.03. The van der Waals surface area contributed by atoms with Crippen LogP contribution in [0.2, 0.25) is 0 Å². The molecule has 2 N–H and O–H groups in total. The highest BCUT2D eigenvalue weighted by atomic mass is 32.2. The molecule has 0 unspecified atom stereocenters. The van der Waals surface area contributed by atoms with Crippen LogP contribution in [0.5, 0.6) is 0 Å². The molecule has 7 nitrogen and oxygen atoms in total. The molecule has 0 atom stereocenters. The standard InChI is InChI=1S/C24H25N3O4S3/c1-17-10-12-20(13-11-17)34(30,31)26-25-22(28)9-6-14-27-23(29)21(33-24(27)32)16-18(2)15-19-7-4-3-5-8-19/h3-5,7-8,10-13,15-16,26H,6,9,14H2,1-2H3,(H,25,28). The second kappa shape index (κ2) is 11.6. The van der Waals surface area contributed by atoms with Crippen molar-refractivity contribution in [3.8, 4) is 0 Å². The van der Waals surface area contributed by atoms with E-state index in [0.717, 1.165) is 16.7 Å². The molecule has 0 saturated carbocycles. The van der Waals surface area contributed by atoms with Gasteiger partial charge in [-0.15, -0.1) is 4.83 Å². The normalized spacial score (nSPS) is 15.8. The number of hydrogen-bond donors (Lipinski definition) is 2. The smallest absolute Gasteiger partial charge is 0.266 e. The number of benzene rings is 2. The zero-order valence-corrected chi connectivity index (χ0v) is 21.2. The number of carbonyl (C=O) groups is 2. The Morgan fingerprint density at radius 1 is 1.12 bits per heavy atom. The maximum absolute atomic E-state index is 12.7. The molecule has 0 radical (unpaired) electrons. The molecule has 10 heteroatoms. The van der Waals surface area contributed by atoms with Crippen molar-refractivity contribution >= 4 is 56.2 Å². The predicted octanol–water partition coefficient (Wildman–Crippen LogP) is 3.93. The van der Waals surface area contributed by atoms with Gasteiger partial charge in [0.15, 0.2) is 0 Å². The Hall–Kier alpha value is -2.79. The number of sulfonamides is 1. The highest BCUT2D eigenvalue weighted by Crippen LogP contribution is 2.32. The summed E-state index contributed by atoms with van der Waals surface area (Å²) in [6, 6.07) is 16.1. The molecule has 2 aromatic rings. The van der Waals surface area contributed by atoms with Gasteiger partial charge in [0.2, 0.25) is 5.91 Å². The third-order valence-electron chi connectivity index (χ3n) is 4.87. The molecule has 1 aliphatic rings. The first kappa shape index (κ1) is 25.8. The first-order chi connectivity index (χ1) is 16.2. The van der Waals surface area contributed by atoms with Gasteiger partial charge < -0.3 is 0 Å². The molecule has 1 aliphatic heterocycles. The molecule has 34 heavy (non-hydrogen) atoms. The van der Waals surface area contributed by atoms with Crippen LogP contribution in [0.3, 0.4) is 0 Å². The Balaban J connectivity index is 1.49. The van der Waals surface area contributed by atoms with Crippen LogP contribution in [0.1, 0.15) is 30.9 Å². The third-order valence-corrected chi connectivity index (χ3v) is 7.51. The second-order valence-electron chi connectivity index (χ2n) is 7.70. The molecule has 1 fully saturated rings. The third kappa shape index (κ3) is 7.10. The number of nitrogens with one attached hydrogen (secondary N) is 2. The Bertz CT molecular complexity index is 1240. The second-order valence-corrected chi connectivity index (χ2v) is 11.1. The number of amides is 2. The van der Waals surface area contributed by atoms with E-state index in [4.69, 9.17) is 12.2 Å².